The zero-order valence-electron chi connectivity index (χ0n) is 7.08. The van der Waals surface area contributed by atoms with Gasteiger partial charge in [-0.1, -0.05) is 12.7 Å². The van der Waals surface area contributed by atoms with E-state index in [1.54, 1.807) is 6.26 Å². The van der Waals surface area contributed by atoms with Crippen LogP contribution in [0.5, 0.6) is 0 Å². The van der Waals surface area contributed by atoms with Crippen LogP contribution in [0.25, 0.3) is 0 Å². The minimum absolute atomic E-state index is 0.739. The smallest absolute Gasteiger partial charge is 0.0874 e. The fourth-order valence-electron chi connectivity index (χ4n) is 0.618. The van der Waals surface area contributed by atoms with Crippen LogP contribution < -0.4 is 0 Å². The summed E-state index contributed by atoms with van der Waals surface area (Å²) < 4.78 is 10.0. The largest absolute Gasteiger partial charge is 0.502 e. The Morgan fingerprint density at radius 2 is 1.82 bits per heavy atom. The van der Waals surface area contributed by atoms with Gasteiger partial charge in [0.25, 0.3) is 0 Å². The number of rotatable bonds is 7. The average Bonchev–Trinajstić information content (AvgIpc) is 2.03. The molecule has 0 N–H and O–H groups in total. The van der Waals surface area contributed by atoms with Crippen LogP contribution in [-0.2, 0) is 9.47 Å². The fourth-order valence-corrected chi connectivity index (χ4v) is 0.618. The van der Waals surface area contributed by atoms with Gasteiger partial charge in [-0.15, -0.1) is 0 Å². The molecule has 0 aromatic heterocycles. The lowest BCUT2D eigenvalue weighted by Gasteiger charge is -2.00. The molecular weight excluding hydrogens is 140 g/mol. The van der Waals surface area contributed by atoms with Crippen LogP contribution >= 0.6 is 0 Å². The van der Waals surface area contributed by atoms with Gasteiger partial charge in [-0.2, -0.15) is 0 Å². The second kappa shape index (κ2) is 9.08. The maximum absolute atomic E-state index is 5.10. The molecule has 0 aliphatic carbocycles. The van der Waals surface area contributed by atoms with Gasteiger partial charge in [0.15, 0.2) is 0 Å². The van der Waals surface area contributed by atoms with Crippen molar-refractivity contribution in [3.8, 4) is 0 Å². The number of allylic oxidation sites excluding steroid dienone is 1. The highest BCUT2D eigenvalue weighted by Gasteiger charge is 1.85. The first-order valence-electron chi connectivity index (χ1n) is 3.87. The molecule has 0 saturated heterocycles. The van der Waals surface area contributed by atoms with E-state index in [-0.39, 0.29) is 0 Å². The molecule has 0 heterocycles. The summed E-state index contributed by atoms with van der Waals surface area (Å²) in [7, 11) is 0. The third-order valence-corrected chi connectivity index (χ3v) is 1.12. The molecular formula is C9H16O2. The Morgan fingerprint density at radius 1 is 1.18 bits per heavy atom. The predicted octanol–water partition coefficient (Wildman–Crippen LogP) is 2.48. The van der Waals surface area contributed by atoms with Crippen molar-refractivity contribution in [2.75, 3.05) is 13.2 Å². The molecule has 0 saturated carbocycles. The summed E-state index contributed by atoms with van der Waals surface area (Å²) in [5, 5.41) is 0. The second-order valence-corrected chi connectivity index (χ2v) is 2.08. The van der Waals surface area contributed by atoms with E-state index in [2.05, 4.69) is 6.58 Å². The molecule has 0 unspecified atom stereocenters. The molecule has 0 atom stereocenters. The molecule has 0 radical (unpaired) electrons. The van der Waals surface area contributed by atoms with Crippen LogP contribution in [-0.4, -0.2) is 13.2 Å². The third-order valence-electron chi connectivity index (χ3n) is 1.12. The normalized spacial score (nSPS) is 9.91. The van der Waals surface area contributed by atoms with E-state index in [9.17, 15) is 0 Å². The van der Waals surface area contributed by atoms with E-state index in [0.717, 1.165) is 26.1 Å². The Labute approximate surface area is 68.5 Å². The Bertz CT molecular complexity index is 108. The van der Waals surface area contributed by atoms with Gasteiger partial charge in [0, 0.05) is 0 Å². The first-order chi connectivity index (χ1) is 5.41. The molecule has 0 aromatic carbocycles. The van der Waals surface area contributed by atoms with Crippen LogP contribution in [0.1, 0.15) is 19.8 Å². The van der Waals surface area contributed by atoms with Crippen molar-refractivity contribution < 1.29 is 9.47 Å². The summed E-state index contributed by atoms with van der Waals surface area (Å²) in [6, 6.07) is 0. The quantitative estimate of drug-likeness (QED) is 0.416. The summed E-state index contributed by atoms with van der Waals surface area (Å²) in [5.41, 5.74) is 0. The molecule has 0 bridgehead atoms. The van der Waals surface area contributed by atoms with Gasteiger partial charge >= 0.3 is 0 Å². The molecule has 64 valence electrons. The Balaban J connectivity index is 2.84. The van der Waals surface area contributed by atoms with Crippen molar-refractivity contribution in [2.45, 2.75) is 19.8 Å². The van der Waals surface area contributed by atoms with Crippen molar-refractivity contribution in [3.63, 3.8) is 0 Å². The predicted molar refractivity (Wildman–Crippen MR) is 46.1 cm³/mol. The van der Waals surface area contributed by atoms with E-state index in [1.165, 1.54) is 6.26 Å². The number of ether oxygens (including phenoxy) is 2. The van der Waals surface area contributed by atoms with E-state index in [4.69, 9.17) is 9.47 Å². The summed E-state index contributed by atoms with van der Waals surface area (Å²) >= 11 is 0. The Morgan fingerprint density at radius 3 is 2.36 bits per heavy atom. The molecule has 0 aromatic rings. The third kappa shape index (κ3) is 9.08. The Kier molecular flexibility index (Phi) is 8.32. The number of unbranched alkanes of at least 4 members (excludes halogenated alkanes) is 1. The highest BCUT2D eigenvalue weighted by atomic mass is 16.5. The van der Waals surface area contributed by atoms with Crippen molar-refractivity contribution >= 4 is 0 Å². The lowest BCUT2D eigenvalue weighted by molar-refractivity contribution is 0.205. The molecule has 0 aliphatic rings. The molecule has 2 nitrogen and oxygen atoms in total. The van der Waals surface area contributed by atoms with E-state index in [0.29, 0.717) is 0 Å². The van der Waals surface area contributed by atoms with Crippen LogP contribution in [0.4, 0.5) is 0 Å². The summed E-state index contributed by atoms with van der Waals surface area (Å²) in [4.78, 5) is 0. The van der Waals surface area contributed by atoms with Gasteiger partial charge in [0.1, 0.15) is 0 Å². The van der Waals surface area contributed by atoms with Crippen LogP contribution in [0.15, 0.2) is 25.2 Å². The van der Waals surface area contributed by atoms with Crippen LogP contribution in [0.3, 0.4) is 0 Å². The van der Waals surface area contributed by atoms with Gasteiger partial charge in [-0.3, -0.25) is 0 Å². The van der Waals surface area contributed by atoms with Crippen LogP contribution in [0, 0.1) is 0 Å². The standard InChI is InChI=1S/C9H16O2/c1-3-7-11-9-6-5-8-10-4-2/h3-4,7H,2,5-6,8-9H2,1H3/b7-3+. The lowest BCUT2D eigenvalue weighted by atomic mass is 10.3. The maximum atomic E-state index is 5.10. The minimum Gasteiger partial charge on any atom is -0.502 e. The van der Waals surface area contributed by atoms with Gasteiger partial charge in [-0.25, -0.2) is 0 Å². The molecule has 11 heavy (non-hydrogen) atoms. The monoisotopic (exact) mass is 156 g/mol. The zero-order valence-corrected chi connectivity index (χ0v) is 7.08. The zero-order chi connectivity index (χ0) is 8.36. The highest BCUT2D eigenvalue weighted by Crippen LogP contribution is 1.91. The molecule has 0 aliphatic heterocycles. The second-order valence-electron chi connectivity index (χ2n) is 2.08. The van der Waals surface area contributed by atoms with Gasteiger partial charge in [0.2, 0.25) is 0 Å². The van der Waals surface area contributed by atoms with Crippen molar-refractivity contribution in [1.29, 1.82) is 0 Å². The number of hydrogen-bond donors (Lipinski definition) is 0. The van der Waals surface area contributed by atoms with E-state index < -0.39 is 0 Å². The molecule has 0 amide bonds. The molecule has 0 rings (SSSR count). The molecule has 0 fully saturated rings. The maximum Gasteiger partial charge on any atom is 0.0874 e. The average molecular weight is 156 g/mol. The van der Waals surface area contributed by atoms with Gasteiger partial charge in [-0.05, 0) is 19.8 Å². The molecule has 2 heteroatoms. The van der Waals surface area contributed by atoms with Crippen molar-refractivity contribution in [3.05, 3.63) is 25.2 Å². The highest BCUT2D eigenvalue weighted by molar-refractivity contribution is 4.64. The fraction of sp³-hybridized carbons (Fsp3) is 0.556. The first kappa shape index (κ1) is 10.1. The van der Waals surface area contributed by atoms with E-state index >= 15 is 0 Å². The lowest BCUT2D eigenvalue weighted by Crippen LogP contribution is -1.92. The number of hydrogen-bond acceptors (Lipinski definition) is 2. The van der Waals surface area contributed by atoms with Gasteiger partial charge < -0.3 is 9.47 Å². The van der Waals surface area contributed by atoms with Crippen molar-refractivity contribution in [2.24, 2.45) is 0 Å². The summed E-state index contributed by atoms with van der Waals surface area (Å²) in [6.07, 6.45) is 7.09. The van der Waals surface area contributed by atoms with Crippen molar-refractivity contribution in [1.82, 2.24) is 0 Å². The molecule has 0 spiro atoms. The first-order valence-corrected chi connectivity index (χ1v) is 3.87. The Hall–Kier alpha value is -0.920. The summed E-state index contributed by atoms with van der Waals surface area (Å²) in [5.74, 6) is 0. The van der Waals surface area contributed by atoms with Gasteiger partial charge in [0.05, 0.1) is 25.7 Å². The minimum atomic E-state index is 0.739. The van der Waals surface area contributed by atoms with Crippen LogP contribution in [0.2, 0.25) is 0 Å². The summed E-state index contributed by atoms with van der Waals surface area (Å²) in [6.45, 7) is 6.88. The SMILES string of the molecule is C=COCCCCO/C=C/C. The topological polar surface area (TPSA) is 18.5 Å². The van der Waals surface area contributed by atoms with E-state index in [1.807, 2.05) is 13.0 Å².